The van der Waals surface area contributed by atoms with Crippen LogP contribution in [0.4, 0.5) is 4.39 Å². The number of nitrogens with one attached hydrogen (secondary N) is 2. The van der Waals surface area contributed by atoms with Gasteiger partial charge in [-0.25, -0.2) is 4.39 Å². The summed E-state index contributed by atoms with van der Waals surface area (Å²) in [5, 5.41) is 8.30. The molecule has 2 aromatic rings. The number of benzene rings is 2. The van der Waals surface area contributed by atoms with E-state index in [4.69, 9.17) is 0 Å². The van der Waals surface area contributed by atoms with E-state index >= 15 is 0 Å². The van der Waals surface area contributed by atoms with Gasteiger partial charge in [0.25, 0.3) is 5.91 Å². The normalized spacial score (nSPS) is 21.4. The number of amides is 2. The Hall–Kier alpha value is -2.51. The van der Waals surface area contributed by atoms with Gasteiger partial charge in [0, 0.05) is 37.8 Å². The second kappa shape index (κ2) is 13.3. The Morgan fingerprint density at radius 1 is 1.05 bits per heavy atom. The fourth-order valence-electron chi connectivity index (χ4n) is 5.66. The molecule has 2 aliphatic rings. The lowest BCUT2D eigenvalue weighted by molar-refractivity contribution is -0.133. The Bertz CT molecular complexity index is 1050. The second-order valence-corrected chi connectivity index (χ2v) is 10.8. The molecule has 2 aromatic carbocycles. The SMILES string of the molecule is CCC(CC)CN1CC[C@H](CNC(=O)c2ccc3cc(F)ccc3c2)N[C@H](CCN2CCCCC2)C1=O. The number of halogens is 1. The highest BCUT2D eigenvalue weighted by Gasteiger charge is 2.32. The molecule has 0 spiro atoms. The van der Waals surface area contributed by atoms with Crippen molar-refractivity contribution in [2.24, 2.45) is 5.92 Å². The Kier molecular flexibility index (Phi) is 9.92. The minimum atomic E-state index is -0.285. The minimum absolute atomic E-state index is 0.0283. The Balaban J connectivity index is 1.40. The van der Waals surface area contributed by atoms with Gasteiger partial charge in [0.1, 0.15) is 5.82 Å². The lowest BCUT2D eigenvalue weighted by Crippen LogP contribution is -2.50. The molecule has 7 heteroatoms. The zero-order chi connectivity index (χ0) is 26.2. The first kappa shape index (κ1) is 27.5. The number of fused-ring (bicyclic) bond motifs is 1. The monoisotopic (exact) mass is 510 g/mol. The molecule has 2 heterocycles. The predicted molar refractivity (Wildman–Crippen MR) is 147 cm³/mol. The van der Waals surface area contributed by atoms with E-state index < -0.39 is 0 Å². The first-order valence-electron chi connectivity index (χ1n) is 14.2. The van der Waals surface area contributed by atoms with Gasteiger partial charge in [0.2, 0.25) is 5.91 Å². The van der Waals surface area contributed by atoms with Crippen molar-refractivity contribution in [1.29, 1.82) is 0 Å². The average molecular weight is 511 g/mol. The van der Waals surface area contributed by atoms with E-state index in [1.807, 2.05) is 0 Å². The summed E-state index contributed by atoms with van der Waals surface area (Å²) in [6.45, 7) is 9.56. The molecule has 0 radical (unpaired) electrons. The summed E-state index contributed by atoms with van der Waals surface area (Å²) in [4.78, 5) is 31.1. The van der Waals surface area contributed by atoms with Crippen molar-refractivity contribution in [3.63, 3.8) is 0 Å². The van der Waals surface area contributed by atoms with Gasteiger partial charge in [-0.05, 0) is 79.7 Å². The highest BCUT2D eigenvalue weighted by molar-refractivity contribution is 5.98. The molecular formula is C30H43FN4O2. The molecule has 0 bridgehead atoms. The number of hydrogen-bond acceptors (Lipinski definition) is 4. The van der Waals surface area contributed by atoms with Crippen molar-refractivity contribution in [1.82, 2.24) is 20.4 Å². The van der Waals surface area contributed by atoms with E-state index in [0.29, 0.717) is 24.6 Å². The quantitative estimate of drug-likeness (QED) is 0.491. The van der Waals surface area contributed by atoms with Crippen molar-refractivity contribution in [3.8, 4) is 0 Å². The van der Waals surface area contributed by atoms with Crippen LogP contribution in [-0.2, 0) is 4.79 Å². The Labute approximate surface area is 221 Å². The van der Waals surface area contributed by atoms with Gasteiger partial charge in [-0.15, -0.1) is 0 Å². The molecule has 6 nitrogen and oxygen atoms in total. The van der Waals surface area contributed by atoms with Crippen LogP contribution in [0.1, 0.15) is 69.2 Å². The first-order valence-corrected chi connectivity index (χ1v) is 14.2. The van der Waals surface area contributed by atoms with E-state index in [1.165, 1.54) is 31.4 Å². The third kappa shape index (κ3) is 7.51. The Morgan fingerprint density at radius 3 is 2.54 bits per heavy atom. The zero-order valence-corrected chi connectivity index (χ0v) is 22.5. The van der Waals surface area contributed by atoms with Gasteiger partial charge < -0.3 is 20.4 Å². The lowest BCUT2D eigenvalue weighted by Gasteiger charge is -2.30. The maximum atomic E-state index is 13.6. The minimum Gasteiger partial charge on any atom is -0.350 e. The smallest absolute Gasteiger partial charge is 0.251 e. The van der Waals surface area contributed by atoms with Crippen molar-refractivity contribution < 1.29 is 14.0 Å². The van der Waals surface area contributed by atoms with Crippen LogP contribution in [0.2, 0.25) is 0 Å². The van der Waals surface area contributed by atoms with Gasteiger partial charge >= 0.3 is 0 Å². The average Bonchev–Trinajstić information content (AvgIpc) is 3.07. The largest absolute Gasteiger partial charge is 0.350 e. The molecule has 0 aliphatic carbocycles. The number of carbonyl (C=O) groups excluding carboxylic acids is 2. The third-order valence-corrected chi connectivity index (χ3v) is 8.18. The van der Waals surface area contributed by atoms with Crippen LogP contribution in [0.5, 0.6) is 0 Å². The molecular weight excluding hydrogens is 467 g/mol. The number of piperidine rings is 1. The second-order valence-electron chi connectivity index (χ2n) is 10.8. The predicted octanol–water partition coefficient (Wildman–Crippen LogP) is 4.58. The van der Waals surface area contributed by atoms with Gasteiger partial charge in [0.15, 0.2) is 0 Å². The van der Waals surface area contributed by atoms with Crippen molar-refractivity contribution in [2.45, 2.75) is 70.9 Å². The molecule has 4 rings (SSSR count). The summed E-state index contributed by atoms with van der Waals surface area (Å²) in [7, 11) is 0. The molecule has 2 N–H and O–H groups in total. The molecule has 2 aliphatic heterocycles. The van der Waals surface area contributed by atoms with Gasteiger partial charge in [0.05, 0.1) is 6.04 Å². The number of rotatable bonds is 10. The van der Waals surface area contributed by atoms with Crippen molar-refractivity contribution in [2.75, 3.05) is 39.3 Å². The standard InChI is InChI=1S/C30H43FN4O2/c1-3-22(4-2)21-35-17-12-27(33-28(30(35)37)13-16-34-14-6-5-7-15-34)20-32-29(36)25-9-8-24-19-26(31)11-10-23(24)18-25/h8-11,18-19,22,27-28,33H,3-7,12-17,20-21H2,1-2H3,(H,32,36)/t27-,28-/m1/s1. The summed E-state index contributed by atoms with van der Waals surface area (Å²) >= 11 is 0. The third-order valence-electron chi connectivity index (χ3n) is 8.18. The van der Waals surface area contributed by atoms with Crippen LogP contribution < -0.4 is 10.6 Å². The topological polar surface area (TPSA) is 64.7 Å². The Morgan fingerprint density at radius 2 is 1.78 bits per heavy atom. The number of carbonyl (C=O) groups is 2. The summed E-state index contributed by atoms with van der Waals surface area (Å²) in [6, 6.07) is 9.70. The molecule has 0 saturated carbocycles. The molecule has 0 aromatic heterocycles. The van der Waals surface area contributed by atoms with E-state index in [1.54, 1.807) is 24.3 Å². The molecule has 2 saturated heterocycles. The van der Waals surface area contributed by atoms with Gasteiger partial charge in [-0.3, -0.25) is 9.59 Å². The summed E-state index contributed by atoms with van der Waals surface area (Å²) in [6.07, 6.45) is 7.54. The number of hydrogen-bond donors (Lipinski definition) is 2. The van der Waals surface area contributed by atoms with E-state index in [-0.39, 0.29) is 29.7 Å². The van der Waals surface area contributed by atoms with E-state index in [2.05, 4.69) is 34.3 Å². The molecule has 202 valence electrons. The van der Waals surface area contributed by atoms with Crippen molar-refractivity contribution >= 4 is 22.6 Å². The summed E-state index contributed by atoms with van der Waals surface area (Å²) < 4.78 is 13.5. The summed E-state index contributed by atoms with van der Waals surface area (Å²) in [5.41, 5.74) is 0.556. The highest BCUT2D eigenvalue weighted by atomic mass is 19.1. The van der Waals surface area contributed by atoms with Gasteiger partial charge in [-0.2, -0.15) is 0 Å². The van der Waals surface area contributed by atoms with Crippen LogP contribution in [-0.4, -0.2) is 73.0 Å². The maximum Gasteiger partial charge on any atom is 0.251 e. The first-order chi connectivity index (χ1) is 18.0. The zero-order valence-electron chi connectivity index (χ0n) is 22.5. The molecule has 2 atom stereocenters. The fraction of sp³-hybridized carbons (Fsp3) is 0.600. The molecule has 2 amide bonds. The van der Waals surface area contributed by atoms with Crippen molar-refractivity contribution in [3.05, 3.63) is 47.8 Å². The summed E-state index contributed by atoms with van der Waals surface area (Å²) in [5.74, 6) is 0.290. The highest BCUT2D eigenvalue weighted by Crippen LogP contribution is 2.19. The van der Waals surface area contributed by atoms with E-state index in [0.717, 1.165) is 62.6 Å². The van der Waals surface area contributed by atoms with Crippen LogP contribution in [0.3, 0.4) is 0 Å². The fourth-order valence-corrected chi connectivity index (χ4v) is 5.66. The van der Waals surface area contributed by atoms with E-state index in [9.17, 15) is 14.0 Å². The maximum absolute atomic E-state index is 13.6. The lowest BCUT2D eigenvalue weighted by atomic mass is 10.0. The molecule has 2 fully saturated rings. The molecule has 0 unspecified atom stereocenters. The van der Waals surface area contributed by atoms with Crippen LogP contribution in [0.15, 0.2) is 36.4 Å². The molecule has 37 heavy (non-hydrogen) atoms. The number of likely N-dealkylation sites (tertiary alicyclic amines) is 1. The van der Waals surface area contributed by atoms with Crippen LogP contribution >= 0.6 is 0 Å². The number of nitrogens with zero attached hydrogens (tertiary/aromatic N) is 2. The van der Waals surface area contributed by atoms with Gasteiger partial charge in [-0.1, -0.05) is 45.2 Å². The van der Waals surface area contributed by atoms with Crippen LogP contribution in [0, 0.1) is 11.7 Å². The van der Waals surface area contributed by atoms with Crippen LogP contribution in [0.25, 0.3) is 10.8 Å².